The zero-order valence-corrected chi connectivity index (χ0v) is 21.4. The van der Waals surface area contributed by atoms with E-state index < -0.39 is 0 Å². The average Bonchev–Trinajstić information content (AvgIpc) is 2.92. The predicted molar refractivity (Wildman–Crippen MR) is 144 cm³/mol. The number of imide groups is 1. The normalized spacial score (nSPS) is 12.9. The monoisotopic (exact) mass is 494 g/mol. The van der Waals surface area contributed by atoms with Gasteiger partial charge in [0.05, 0.1) is 0 Å². The molecule has 0 unspecified atom stereocenters. The minimum absolute atomic E-state index is 0.220. The average molecular weight is 495 g/mol. The summed E-state index contributed by atoms with van der Waals surface area (Å²) in [5.74, 6) is 0.483. The van der Waals surface area contributed by atoms with Crippen LogP contribution < -0.4 is 5.32 Å². The maximum Gasteiger partial charge on any atom is 0.261 e. The van der Waals surface area contributed by atoms with Gasteiger partial charge in [0, 0.05) is 46.2 Å². The van der Waals surface area contributed by atoms with E-state index in [-0.39, 0.29) is 11.8 Å². The molecular weight excluding hydrogens is 464 g/mol. The summed E-state index contributed by atoms with van der Waals surface area (Å²) in [6, 6.07) is 15.6. The van der Waals surface area contributed by atoms with Crippen molar-refractivity contribution in [2.75, 3.05) is 18.4 Å². The SMILES string of the molecule is CCCCNc1ccc2c3c(cc(-c4cccc(-c5nnc(C)nn5)c4)cc13)C(=O)N(CCCC)C2=O. The van der Waals surface area contributed by atoms with Crippen LogP contribution in [0.4, 0.5) is 5.69 Å². The Bertz CT molecular complexity index is 1480. The van der Waals surface area contributed by atoms with Crippen LogP contribution in [0.5, 0.6) is 0 Å². The summed E-state index contributed by atoms with van der Waals surface area (Å²) in [6.45, 7) is 7.17. The van der Waals surface area contributed by atoms with Crippen LogP contribution in [0.3, 0.4) is 0 Å². The Balaban J connectivity index is 1.67. The third-order valence-electron chi connectivity index (χ3n) is 6.68. The molecule has 4 aromatic rings. The molecule has 0 aliphatic carbocycles. The number of unbranched alkanes of at least 4 members (excludes halogenated alkanes) is 2. The van der Waals surface area contributed by atoms with Gasteiger partial charge in [-0.3, -0.25) is 14.5 Å². The smallest absolute Gasteiger partial charge is 0.261 e. The lowest BCUT2D eigenvalue weighted by Crippen LogP contribution is -2.40. The van der Waals surface area contributed by atoms with Crippen LogP contribution in [0.25, 0.3) is 33.3 Å². The standard InChI is InChI=1S/C29H30N6O2/c1-4-6-13-30-25-12-11-22-26-23(25)16-21(17-24(26)29(37)35(28(22)36)14-7-5-2)19-9-8-10-20(15-19)27-33-31-18(3)32-34-27/h8-12,15-17,30H,4-7,13-14H2,1-3H3. The number of nitrogens with zero attached hydrogens (tertiary/aromatic N) is 5. The summed E-state index contributed by atoms with van der Waals surface area (Å²) in [7, 11) is 0. The lowest BCUT2D eigenvalue weighted by molar-refractivity contribution is 0.0608. The minimum atomic E-state index is -0.241. The number of aromatic nitrogens is 4. The van der Waals surface area contributed by atoms with Crippen LogP contribution in [-0.4, -0.2) is 50.2 Å². The number of anilines is 1. The van der Waals surface area contributed by atoms with Crippen molar-refractivity contribution >= 4 is 28.3 Å². The van der Waals surface area contributed by atoms with Crippen molar-refractivity contribution in [2.45, 2.75) is 46.5 Å². The van der Waals surface area contributed by atoms with Gasteiger partial charge in [-0.15, -0.1) is 20.4 Å². The highest BCUT2D eigenvalue weighted by Gasteiger charge is 2.33. The molecule has 8 heteroatoms. The summed E-state index contributed by atoms with van der Waals surface area (Å²) in [6.07, 6.45) is 3.77. The van der Waals surface area contributed by atoms with Gasteiger partial charge in [0.2, 0.25) is 5.82 Å². The van der Waals surface area contributed by atoms with E-state index in [9.17, 15) is 9.59 Å². The van der Waals surface area contributed by atoms with Crippen LogP contribution in [0.1, 0.15) is 66.1 Å². The maximum atomic E-state index is 13.6. The number of carbonyl (C=O) groups is 2. The molecule has 188 valence electrons. The minimum Gasteiger partial charge on any atom is -0.385 e. The topological polar surface area (TPSA) is 101 Å². The Hall–Kier alpha value is -4.20. The van der Waals surface area contributed by atoms with E-state index in [0.29, 0.717) is 29.3 Å². The first kappa shape index (κ1) is 24.5. The third-order valence-corrected chi connectivity index (χ3v) is 6.68. The zero-order chi connectivity index (χ0) is 25.9. The third kappa shape index (κ3) is 4.67. The highest BCUT2D eigenvalue weighted by molar-refractivity contribution is 6.27. The summed E-state index contributed by atoms with van der Waals surface area (Å²) >= 11 is 0. The van der Waals surface area contributed by atoms with E-state index in [1.54, 1.807) is 6.92 Å². The molecule has 0 spiro atoms. The molecule has 37 heavy (non-hydrogen) atoms. The van der Waals surface area contributed by atoms with Gasteiger partial charge in [-0.05, 0) is 61.2 Å². The Morgan fingerprint density at radius 1 is 0.784 bits per heavy atom. The molecule has 3 aromatic carbocycles. The molecule has 0 bridgehead atoms. The van der Waals surface area contributed by atoms with E-state index in [1.165, 1.54) is 4.90 Å². The van der Waals surface area contributed by atoms with Crippen LogP contribution in [-0.2, 0) is 0 Å². The molecule has 1 N–H and O–H groups in total. The van der Waals surface area contributed by atoms with Crippen LogP contribution in [0.2, 0.25) is 0 Å². The lowest BCUT2D eigenvalue weighted by atomic mass is 9.89. The fourth-order valence-electron chi connectivity index (χ4n) is 4.69. The van der Waals surface area contributed by atoms with Gasteiger partial charge in [0.25, 0.3) is 11.8 Å². The van der Waals surface area contributed by atoms with Crippen molar-refractivity contribution in [3.63, 3.8) is 0 Å². The number of aryl methyl sites for hydroxylation is 1. The molecule has 0 saturated heterocycles. The highest BCUT2D eigenvalue weighted by atomic mass is 16.2. The van der Waals surface area contributed by atoms with E-state index in [2.05, 4.69) is 45.6 Å². The van der Waals surface area contributed by atoms with E-state index in [1.807, 2.05) is 42.5 Å². The van der Waals surface area contributed by atoms with E-state index in [4.69, 9.17) is 0 Å². The molecular formula is C29H30N6O2. The fourth-order valence-corrected chi connectivity index (χ4v) is 4.69. The second kappa shape index (κ2) is 10.4. The number of benzene rings is 3. The second-order valence-corrected chi connectivity index (χ2v) is 9.35. The van der Waals surface area contributed by atoms with Crippen molar-refractivity contribution in [1.29, 1.82) is 0 Å². The van der Waals surface area contributed by atoms with Gasteiger partial charge >= 0.3 is 0 Å². The van der Waals surface area contributed by atoms with E-state index >= 15 is 0 Å². The highest BCUT2D eigenvalue weighted by Crippen LogP contribution is 2.38. The molecule has 1 aliphatic rings. The molecule has 0 saturated carbocycles. The fraction of sp³-hybridized carbons (Fsp3) is 0.310. The van der Waals surface area contributed by atoms with Crippen molar-refractivity contribution in [3.05, 3.63) is 65.5 Å². The number of hydrogen-bond acceptors (Lipinski definition) is 7. The number of nitrogens with one attached hydrogen (secondary N) is 1. The summed E-state index contributed by atoms with van der Waals surface area (Å²) in [5.41, 5.74) is 4.63. The Morgan fingerprint density at radius 2 is 1.51 bits per heavy atom. The number of hydrogen-bond donors (Lipinski definition) is 1. The van der Waals surface area contributed by atoms with Crippen molar-refractivity contribution < 1.29 is 9.59 Å². The number of carbonyl (C=O) groups excluding carboxylic acids is 2. The van der Waals surface area contributed by atoms with Gasteiger partial charge in [0.15, 0.2) is 5.82 Å². The molecule has 1 aromatic heterocycles. The maximum absolute atomic E-state index is 13.6. The van der Waals surface area contributed by atoms with Crippen molar-refractivity contribution in [2.24, 2.45) is 0 Å². The number of amides is 2. The molecule has 0 fully saturated rings. The van der Waals surface area contributed by atoms with Crippen LogP contribution in [0.15, 0.2) is 48.5 Å². The van der Waals surface area contributed by atoms with Crippen LogP contribution >= 0.6 is 0 Å². The van der Waals surface area contributed by atoms with Crippen molar-refractivity contribution in [1.82, 2.24) is 25.3 Å². The van der Waals surface area contributed by atoms with Gasteiger partial charge in [-0.25, -0.2) is 0 Å². The molecule has 0 atom stereocenters. The van der Waals surface area contributed by atoms with Gasteiger partial charge in [0.1, 0.15) is 0 Å². The van der Waals surface area contributed by atoms with Crippen LogP contribution in [0, 0.1) is 6.92 Å². The number of rotatable bonds is 9. The summed E-state index contributed by atoms with van der Waals surface area (Å²) < 4.78 is 0. The predicted octanol–water partition coefficient (Wildman–Crippen LogP) is 5.67. The lowest BCUT2D eigenvalue weighted by Gasteiger charge is -2.28. The molecule has 2 amide bonds. The van der Waals surface area contributed by atoms with Gasteiger partial charge < -0.3 is 5.32 Å². The van der Waals surface area contributed by atoms with Gasteiger partial charge in [-0.1, -0.05) is 44.9 Å². The largest absolute Gasteiger partial charge is 0.385 e. The molecule has 0 radical (unpaired) electrons. The second-order valence-electron chi connectivity index (χ2n) is 9.35. The van der Waals surface area contributed by atoms with E-state index in [0.717, 1.165) is 65.4 Å². The molecule has 5 rings (SSSR count). The molecule has 8 nitrogen and oxygen atoms in total. The Morgan fingerprint density at radius 3 is 2.27 bits per heavy atom. The van der Waals surface area contributed by atoms with Gasteiger partial charge in [-0.2, -0.15) is 0 Å². The summed E-state index contributed by atoms with van der Waals surface area (Å²) in [4.78, 5) is 28.4. The first-order chi connectivity index (χ1) is 18.0. The molecule has 2 heterocycles. The summed E-state index contributed by atoms with van der Waals surface area (Å²) in [5, 5.41) is 21.5. The quantitative estimate of drug-likeness (QED) is 0.236. The van der Waals surface area contributed by atoms with Crippen molar-refractivity contribution in [3.8, 4) is 22.5 Å². The Labute approximate surface area is 216 Å². The first-order valence-corrected chi connectivity index (χ1v) is 12.9. The first-order valence-electron chi connectivity index (χ1n) is 12.9. The Kier molecular flexibility index (Phi) is 6.90. The zero-order valence-electron chi connectivity index (χ0n) is 21.4. The molecule has 1 aliphatic heterocycles.